The van der Waals surface area contributed by atoms with E-state index in [1.165, 1.54) is 0 Å². The first-order valence-corrected chi connectivity index (χ1v) is 7.72. The smallest absolute Gasteiger partial charge is 0.231 e. The van der Waals surface area contributed by atoms with Crippen molar-refractivity contribution in [3.63, 3.8) is 0 Å². The number of ether oxygens (including phenoxy) is 2. The molecule has 1 aromatic heterocycles. The Balaban J connectivity index is 1.59. The van der Waals surface area contributed by atoms with Gasteiger partial charge in [-0.1, -0.05) is 0 Å². The number of anilines is 1. The highest BCUT2D eigenvalue weighted by atomic mass is 16.5. The number of nitrogens with zero attached hydrogens (tertiary/aromatic N) is 3. The quantitative estimate of drug-likeness (QED) is 0.874. The summed E-state index contributed by atoms with van der Waals surface area (Å²) in [5.41, 5.74) is 0. The number of carbonyl (C=O) groups is 1. The number of nitrogens with one attached hydrogen (secondary N) is 1. The molecule has 0 spiro atoms. The second-order valence-electron chi connectivity index (χ2n) is 5.80. The Hall–Kier alpha value is -2.05. The maximum Gasteiger partial charge on any atom is 0.231 e. The molecule has 0 bridgehead atoms. The van der Waals surface area contributed by atoms with E-state index in [0.717, 1.165) is 38.8 Å². The van der Waals surface area contributed by atoms with Gasteiger partial charge in [0.15, 0.2) is 0 Å². The third-order valence-corrected chi connectivity index (χ3v) is 4.16. The number of aromatic nitrogens is 2. The van der Waals surface area contributed by atoms with Crippen molar-refractivity contribution in [2.75, 3.05) is 32.2 Å². The summed E-state index contributed by atoms with van der Waals surface area (Å²) in [5.74, 6) is 2.09. The SMILES string of the molecule is COc1cc(OC)nc(N2CCC(NC(=O)C3CC3)CC2)n1. The van der Waals surface area contributed by atoms with Crippen molar-refractivity contribution >= 4 is 11.9 Å². The van der Waals surface area contributed by atoms with Crippen LogP contribution in [0.1, 0.15) is 25.7 Å². The van der Waals surface area contributed by atoms with E-state index in [2.05, 4.69) is 20.2 Å². The van der Waals surface area contributed by atoms with Crippen molar-refractivity contribution in [2.45, 2.75) is 31.7 Å². The summed E-state index contributed by atoms with van der Waals surface area (Å²) in [7, 11) is 3.15. The number of carbonyl (C=O) groups excluding carboxylic acids is 1. The van der Waals surface area contributed by atoms with E-state index in [1.54, 1.807) is 20.3 Å². The van der Waals surface area contributed by atoms with E-state index in [-0.39, 0.29) is 17.9 Å². The van der Waals surface area contributed by atoms with Gasteiger partial charge in [-0.3, -0.25) is 4.79 Å². The zero-order valence-corrected chi connectivity index (χ0v) is 13.0. The molecule has 0 radical (unpaired) electrons. The molecule has 1 saturated heterocycles. The molecule has 7 nitrogen and oxygen atoms in total. The molecular formula is C15H22N4O3. The molecule has 0 atom stereocenters. The van der Waals surface area contributed by atoms with Crippen LogP contribution in [0, 0.1) is 5.92 Å². The lowest BCUT2D eigenvalue weighted by Gasteiger charge is -2.32. The molecule has 1 amide bonds. The van der Waals surface area contributed by atoms with Crippen molar-refractivity contribution in [3.05, 3.63) is 6.07 Å². The molecule has 1 aliphatic carbocycles. The van der Waals surface area contributed by atoms with Gasteiger partial charge < -0.3 is 19.7 Å². The molecular weight excluding hydrogens is 284 g/mol. The Morgan fingerprint density at radius 2 is 1.73 bits per heavy atom. The fraction of sp³-hybridized carbons (Fsp3) is 0.667. The number of rotatable bonds is 5. The maximum atomic E-state index is 11.8. The summed E-state index contributed by atoms with van der Waals surface area (Å²) in [5, 5.41) is 3.14. The average molecular weight is 306 g/mol. The van der Waals surface area contributed by atoms with Gasteiger partial charge in [0.2, 0.25) is 23.6 Å². The molecule has 120 valence electrons. The number of methoxy groups -OCH3 is 2. The molecule has 0 unspecified atom stereocenters. The molecule has 2 aliphatic rings. The van der Waals surface area contributed by atoms with Gasteiger partial charge in [0.25, 0.3) is 0 Å². The van der Waals surface area contributed by atoms with Crippen molar-refractivity contribution in [3.8, 4) is 11.8 Å². The Morgan fingerprint density at radius 1 is 1.14 bits per heavy atom. The summed E-state index contributed by atoms with van der Waals surface area (Å²) in [6.45, 7) is 1.62. The van der Waals surface area contributed by atoms with Crippen molar-refractivity contribution in [1.29, 1.82) is 0 Å². The van der Waals surface area contributed by atoms with Crippen LogP contribution in [0.3, 0.4) is 0 Å². The fourth-order valence-electron chi connectivity index (χ4n) is 2.63. The summed E-state index contributed by atoms with van der Waals surface area (Å²) in [6, 6.07) is 1.92. The van der Waals surface area contributed by atoms with Crippen LogP contribution in [-0.2, 0) is 4.79 Å². The van der Waals surface area contributed by atoms with E-state index < -0.39 is 0 Å². The van der Waals surface area contributed by atoms with Gasteiger partial charge in [-0.2, -0.15) is 9.97 Å². The zero-order chi connectivity index (χ0) is 15.5. The second-order valence-corrected chi connectivity index (χ2v) is 5.80. The number of piperidine rings is 1. The monoisotopic (exact) mass is 306 g/mol. The topological polar surface area (TPSA) is 76.6 Å². The Kier molecular flexibility index (Phi) is 4.31. The highest BCUT2D eigenvalue weighted by Crippen LogP contribution is 2.29. The van der Waals surface area contributed by atoms with Crippen LogP contribution in [0.4, 0.5) is 5.95 Å². The second kappa shape index (κ2) is 6.37. The molecule has 0 aromatic carbocycles. The van der Waals surface area contributed by atoms with E-state index in [1.807, 2.05) is 0 Å². The van der Waals surface area contributed by atoms with Gasteiger partial charge in [-0.15, -0.1) is 0 Å². The lowest BCUT2D eigenvalue weighted by atomic mass is 10.1. The zero-order valence-electron chi connectivity index (χ0n) is 13.0. The number of amides is 1. The third kappa shape index (κ3) is 3.40. The summed E-state index contributed by atoms with van der Waals surface area (Å²) < 4.78 is 10.4. The first-order valence-electron chi connectivity index (χ1n) is 7.72. The molecule has 1 N–H and O–H groups in total. The average Bonchev–Trinajstić information content (AvgIpc) is 3.40. The highest BCUT2D eigenvalue weighted by molar-refractivity contribution is 5.81. The van der Waals surface area contributed by atoms with Gasteiger partial charge in [0.1, 0.15) is 0 Å². The van der Waals surface area contributed by atoms with Gasteiger partial charge in [-0.25, -0.2) is 0 Å². The minimum absolute atomic E-state index is 0.220. The predicted molar refractivity (Wildman–Crippen MR) is 81.2 cm³/mol. The normalized spacial score (nSPS) is 18.9. The van der Waals surface area contributed by atoms with Gasteiger partial charge in [0.05, 0.1) is 20.3 Å². The molecule has 2 fully saturated rings. The van der Waals surface area contributed by atoms with Crippen molar-refractivity contribution in [2.24, 2.45) is 5.92 Å². The Labute approximate surface area is 130 Å². The molecule has 2 heterocycles. The van der Waals surface area contributed by atoms with Crippen LogP contribution in [0.15, 0.2) is 6.07 Å². The molecule has 3 rings (SSSR count). The molecule has 1 aliphatic heterocycles. The Morgan fingerprint density at radius 3 is 2.23 bits per heavy atom. The van der Waals surface area contributed by atoms with E-state index in [0.29, 0.717) is 17.7 Å². The molecule has 7 heteroatoms. The third-order valence-electron chi connectivity index (χ3n) is 4.16. The van der Waals surface area contributed by atoms with Crippen LogP contribution in [0.5, 0.6) is 11.8 Å². The first-order chi connectivity index (χ1) is 10.7. The van der Waals surface area contributed by atoms with E-state index in [4.69, 9.17) is 9.47 Å². The van der Waals surface area contributed by atoms with Crippen LogP contribution < -0.4 is 19.7 Å². The minimum atomic E-state index is 0.220. The maximum absolute atomic E-state index is 11.8. The standard InChI is InChI=1S/C15H22N4O3/c1-21-12-9-13(22-2)18-15(17-12)19-7-5-11(6-8-19)16-14(20)10-3-4-10/h9-11H,3-8H2,1-2H3,(H,16,20). The van der Waals surface area contributed by atoms with Gasteiger partial charge in [0, 0.05) is 25.0 Å². The highest BCUT2D eigenvalue weighted by Gasteiger charge is 2.32. The molecule has 1 saturated carbocycles. The summed E-state index contributed by atoms with van der Waals surface area (Å²) >= 11 is 0. The summed E-state index contributed by atoms with van der Waals surface area (Å²) in [6.07, 6.45) is 3.90. The van der Waals surface area contributed by atoms with E-state index >= 15 is 0 Å². The Bertz CT molecular complexity index is 517. The molecule has 1 aromatic rings. The van der Waals surface area contributed by atoms with Crippen molar-refractivity contribution < 1.29 is 14.3 Å². The van der Waals surface area contributed by atoms with Crippen LogP contribution >= 0.6 is 0 Å². The lowest BCUT2D eigenvalue weighted by Crippen LogP contribution is -2.45. The number of hydrogen-bond acceptors (Lipinski definition) is 6. The first kappa shape index (κ1) is 14.9. The number of hydrogen-bond donors (Lipinski definition) is 1. The largest absolute Gasteiger partial charge is 0.481 e. The minimum Gasteiger partial charge on any atom is -0.481 e. The van der Waals surface area contributed by atoms with Crippen LogP contribution in [0.25, 0.3) is 0 Å². The fourth-order valence-corrected chi connectivity index (χ4v) is 2.63. The van der Waals surface area contributed by atoms with Gasteiger partial charge >= 0.3 is 0 Å². The molecule has 22 heavy (non-hydrogen) atoms. The van der Waals surface area contributed by atoms with Crippen molar-refractivity contribution in [1.82, 2.24) is 15.3 Å². The van der Waals surface area contributed by atoms with E-state index in [9.17, 15) is 4.79 Å². The van der Waals surface area contributed by atoms with Crippen LogP contribution in [0.2, 0.25) is 0 Å². The lowest BCUT2D eigenvalue weighted by molar-refractivity contribution is -0.123. The van der Waals surface area contributed by atoms with Gasteiger partial charge in [-0.05, 0) is 25.7 Å². The predicted octanol–water partition coefficient (Wildman–Crippen LogP) is 0.989. The summed E-state index contributed by atoms with van der Waals surface area (Å²) in [4.78, 5) is 22.7. The van der Waals surface area contributed by atoms with Crippen LogP contribution in [-0.4, -0.2) is 49.2 Å².